The van der Waals surface area contributed by atoms with E-state index < -0.39 is 17.2 Å². The van der Waals surface area contributed by atoms with Gasteiger partial charge in [-0.2, -0.15) is 18.2 Å². The van der Waals surface area contributed by atoms with Crippen molar-refractivity contribution in [1.29, 1.82) is 0 Å². The van der Waals surface area contributed by atoms with Crippen molar-refractivity contribution < 1.29 is 26.9 Å². The van der Waals surface area contributed by atoms with E-state index in [4.69, 9.17) is 4.52 Å². The van der Waals surface area contributed by atoms with Gasteiger partial charge in [-0.1, -0.05) is 35.8 Å². The van der Waals surface area contributed by atoms with Gasteiger partial charge in [-0.3, -0.25) is 9.69 Å². The number of carbonyl (C=O) groups excluding carboxylic acids is 1. The zero-order valence-corrected chi connectivity index (χ0v) is 18.9. The molecule has 1 aromatic heterocycles. The predicted octanol–water partition coefficient (Wildman–Crippen LogP) is 4.66. The number of rotatable bonds is 5. The van der Waals surface area contributed by atoms with Gasteiger partial charge < -0.3 is 9.42 Å². The lowest BCUT2D eigenvalue weighted by molar-refractivity contribution is -0.143. The van der Waals surface area contributed by atoms with Crippen LogP contribution in [0, 0.1) is 5.82 Å². The number of hydrogen-bond acceptors (Lipinski definition) is 5. The number of benzene rings is 2. The van der Waals surface area contributed by atoms with Crippen LogP contribution >= 0.6 is 0 Å². The molecule has 1 aliphatic heterocycles. The molecule has 5 rings (SSSR count). The molecule has 1 saturated carbocycles. The van der Waals surface area contributed by atoms with Crippen molar-refractivity contribution in [1.82, 2.24) is 19.9 Å². The molecule has 1 saturated heterocycles. The minimum atomic E-state index is -4.45. The number of alkyl halides is 3. The minimum absolute atomic E-state index is 0.0404. The Balaban J connectivity index is 1.21. The van der Waals surface area contributed by atoms with Crippen molar-refractivity contribution in [2.45, 2.75) is 37.4 Å². The second kappa shape index (κ2) is 9.07. The van der Waals surface area contributed by atoms with Crippen molar-refractivity contribution in [3.63, 3.8) is 0 Å². The van der Waals surface area contributed by atoms with Crippen molar-refractivity contribution in [2.75, 3.05) is 26.2 Å². The summed E-state index contributed by atoms with van der Waals surface area (Å²) in [5.74, 6) is 0.100. The van der Waals surface area contributed by atoms with Gasteiger partial charge in [0.05, 0.1) is 17.5 Å². The van der Waals surface area contributed by atoms with E-state index in [0.717, 1.165) is 37.0 Å². The number of amides is 1. The molecule has 1 aliphatic carbocycles. The van der Waals surface area contributed by atoms with Gasteiger partial charge in [0.25, 0.3) is 0 Å². The summed E-state index contributed by atoms with van der Waals surface area (Å²) in [7, 11) is 0. The molecule has 0 bridgehead atoms. The second-order valence-corrected chi connectivity index (χ2v) is 9.10. The van der Waals surface area contributed by atoms with Crippen molar-refractivity contribution in [3.05, 3.63) is 71.4 Å². The average Bonchev–Trinajstić information content (AvgIpc) is 3.27. The number of nitrogens with zero attached hydrogens (tertiary/aromatic N) is 4. The normalized spacial score (nSPS) is 18.3. The Labute approximate surface area is 199 Å². The molecule has 184 valence electrons. The molecule has 10 heteroatoms. The van der Waals surface area contributed by atoms with Crippen molar-refractivity contribution >= 4 is 5.91 Å². The van der Waals surface area contributed by atoms with Gasteiger partial charge in [0, 0.05) is 31.7 Å². The van der Waals surface area contributed by atoms with Gasteiger partial charge in [-0.25, -0.2) is 4.39 Å². The van der Waals surface area contributed by atoms with Gasteiger partial charge >= 0.3 is 6.18 Å². The van der Waals surface area contributed by atoms with Crippen LogP contribution in [0.15, 0.2) is 53.1 Å². The molecular weight excluding hydrogens is 464 g/mol. The quantitative estimate of drug-likeness (QED) is 0.489. The van der Waals surface area contributed by atoms with Crippen molar-refractivity contribution in [2.24, 2.45) is 0 Å². The Kier molecular flexibility index (Phi) is 6.08. The van der Waals surface area contributed by atoms with E-state index >= 15 is 0 Å². The molecule has 0 atom stereocenters. The van der Waals surface area contributed by atoms with Gasteiger partial charge in [-0.15, -0.1) is 0 Å². The van der Waals surface area contributed by atoms with E-state index in [2.05, 4.69) is 15.0 Å². The molecule has 0 N–H and O–H groups in total. The molecule has 35 heavy (non-hydrogen) atoms. The first kappa shape index (κ1) is 23.5. The molecule has 6 nitrogen and oxygen atoms in total. The zero-order valence-electron chi connectivity index (χ0n) is 18.9. The third kappa shape index (κ3) is 4.67. The van der Waals surface area contributed by atoms with Crippen LogP contribution in [-0.4, -0.2) is 52.0 Å². The topological polar surface area (TPSA) is 62.5 Å². The Morgan fingerprint density at radius 2 is 1.77 bits per heavy atom. The molecule has 2 aromatic carbocycles. The largest absolute Gasteiger partial charge is 0.416 e. The number of hydrogen-bond donors (Lipinski definition) is 0. The van der Waals surface area contributed by atoms with Crippen LogP contribution in [0.2, 0.25) is 0 Å². The maximum atomic E-state index is 13.8. The smallest absolute Gasteiger partial charge is 0.339 e. The summed E-state index contributed by atoms with van der Waals surface area (Å²) >= 11 is 0. The molecule has 1 amide bonds. The van der Waals surface area contributed by atoms with Crippen LogP contribution < -0.4 is 0 Å². The molecule has 0 radical (unpaired) electrons. The monoisotopic (exact) mass is 488 g/mol. The summed E-state index contributed by atoms with van der Waals surface area (Å²) in [6.45, 7) is 2.55. The van der Waals surface area contributed by atoms with Crippen molar-refractivity contribution in [3.8, 4) is 11.4 Å². The lowest BCUT2D eigenvalue weighted by atomic mass is 9.63. The van der Waals surface area contributed by atoms with E-state index in [0.29, 0.717) is 38.6 Å². The molecule has 2 heterocycles. The summed E-state index contributed by atoms with van der Waals surface area (Å²) in [5, 5.41) is 3.83. The van der Waals surface area contributed by atoms with E-state index in [1.807, 2.05) is 11.0 Å². The summed E-state index contributed by atoms with van der Waals surface area (Å²) in [5.41, 5.74) is -0.446. The van der Waals surface area contributed by atoms with Gasteiger partial charge in [0.1, 0.15) is 5.82 Å². The van der Waals surface area contributed by atoms with Crippen LogP contribution in [0.3, 0.4) is 0 Å². The Bertz CT molecular complexity index is 1210. The lowest BCUT2D eigenvalue weighted by Crippen LogP contribution is -2.56. The first-order chi connectivity index (χ1) is 16.7. The molecular formula is C25H24F4N4O2. The maximum Gasteiger partial charge on any atom is 0.416 e. The van der Waals surface area contributed by atoms with Crippen LogP contribution in [0.5, 0.6) is 0 Å². The number of halogens is 4. The maximum absolute atomic E-state index is 13.8. The van der Waals surface area contributed by atoms with E-state index in [-0.39, 0.29) is 23.1 Å². The van der Waals surface area contributed by atoms with E-state index in [1.165, 1.54) is 24.3 Å². The standard InChI is InChI=1S/C25H24F4N4O2/c26-20-7-2-5-18(15-20)24(8-3-9-24)23(34)33-12-10-32(11-13-33)16-21-30-22(31-35-21)17-4-1-6-19(14-17)25(27,28)29/h1-2,4-7,14-15H,3,8-13,16H2. The van der Waals surface area contributed by atoms with Crippen LogP contribution in [-0.2, 0) is 22.9 Å². The molecule has 2 aliphatic rings. The molecule has 0 spiro atoms. The van der Waals surface area contributed by atoms with Crippen LogP contribution in [0.25, 0.3) is 11.4 Å². The van der Waals surface area contributed by atoms with E-state index in [1.54, 1.807) is 6.07 Å². The summed E-state index contributed by atoms with van der Waals surface area (Å²) in [6.07, 6.45) is -2.08. The number of carbonyl (C=O) groups is 1. The summed E-state index contributed by atoms with van der Waals surface area (Å²) in [6, 6.07) is 11.1. The molecule has 0 unspecified atom stereocenters. The first-order valence-corrected chi connectivity index (χ1v) is 11.5. The highest BCUT2D eigenvalue weighted by Gasteiger charge is 2.48. The van der Waals surface area contributed by atoms with Gasteiger partial charge in [0.2, 0.25) is 17.6 Å². The lowest BCUT2D eigenvalue weighted by Gasteiger charge is -2.46. The number of aromatic nitrogens is 2. The second-order valence-electron chi connectivity index (χ2n) is 9.10. The third-order valence-electron chi connectivity index (χ3n) is 6.93. The Morgan fingerprint density at radius 3 is 2.43 bits per heavy atom. The highest BCUT2D eigenvalue weighted by atomic mass is 19.4. The SMILES string of the molecule is O=C(N1CCN(Cc2nc(-c3cccc(C(F)(F)F)c3)no2)CC1)C1(c2cccc(F)c2)CCC1. The van der Waals surface area contributed by atoms with Gasteiger partial charge in [0.15, 0.2) is 0 Å². The minimum Gasteiger partial charge on any atom is -0.339 e. The summed E-state index contributed by atoms with van der Waals surface area (Å²) < 4.78 is 58.0. The van der Waals surface area contributed by atoms with E-state index in [9.17, 15) is 22.4 Å². The third-order valence-corrected chi connectivity index (χ3v) is 6.93. The summed E-state index contributed by atoms with van der Waals surface area (Å²) in [4.78, 5) is 21.6. The number of piperazine rings is 1. The fourth-order valence-corrected chi connectivity index (χ4v) is 4.82. The highest BCUT2D eigenvalue weighted by molar-refractivity contribution is 5.89. The van der Waals surface area contributed by atoms with Gasteiger partial charge in [-0.05, 0) is 42.7 Å². The zero-order chi connectivity index (χ0) is 24.6. The predicted molar refractivity (Wildman–Crippen MR) is 119 cm³/mol. The Hall–Kier alpha value is -3.27. The molecule has 2 fully saturated rings. The fraction of sp³-hybridized carbons (Fsp3) is 0.400. The fourth-order valence-electron chi connectivity index (χ4n) is 4.82. The first-order valence-electron chi connectivity index (χ1n) is 11.5. The van der Waals surface area contributed by atoms with Crippen LogP contribution in [0.4, 0.5) is 17.6 Å². The average molecular weight is 488 g/mol. The highest BCUT2D eigenvalue weighted by Crippen LogP contribution is 2.45. The van der Waals surface area contributed by atoms with Crippen LogP contribution in [0.1, 0.15) is 36.3 Å². The Morgan fingerprint density at radius 1 is 1.03 bits per heavy atom. The molecule has 3 aromatic rings.